The maximum Gasteiger partial charge on any atom is 0.307 e. The summed E-state index contributed by atoms with van der Waals surface area (Å²) in [6.45, 7) is 4.37. The van der Waals surface area contributed by atoms with Crippen LogP contribution >= 0.6 is 0 Å². The van der Waals surface area contributed by atoms with Gasteiger partial charge in [0.15, 0.2) is 0 Å². The average Bonchev–Trinajstić information content (AvgIpc) is 2.51. The minimum Gasteiger partial charge on any atom is -0.466 e. The highest BCUT2D eigenvalue weighted by Gasteiger charge is 2.29. The van der Waals surface area contributed by atoms with E-state index in [1.165, 1.54) is 10.7 Å². The van der Waals surface area contributed by atoms with Gasteiger partial charge in [0.1, 0.15) is 6.54 Å². The van der Waals surface area contributed by atoms with Gasteiger partial charge in [0.25, 0.3) is 5.56 Å². The molecule has 0 N–H and O–H groups in total. The number of aryl methyl sites for hydroxylation is 1. The van der Waals surface area contributed by atoms with Gasteiger partial charge in [0, 0.05) is 18.7 Å². The molecular weight excluding hydrogens is 298 g/mol. The number of ether oxygens (including phenoxy) is 1. The van der Waals surface area contributed by atoms with Crippen LogP contribution in [0.4, 0.5) is 0 Å². The lowest BCUT2D eigenvalue weighted by Crippen LogP contribution is -2.47. The standard InChI is InChI=1S/C16H23N3O4/c1-3-23-16(22)10-13-6-4-5-9-18(13)15(21)11-19-14(20)8-7-12(2)17-19/h7-8,13H,3-6,9-11H2,1-2H3/t13-/m0/s1. The summed E-state index contributed by atoms with van der Waals surface area (Å²) < 4.78 is 6.16. The molecule has 7 nitrogen and oxygen atoms in total. The molecule has 2 rings (SSSR count). The maximum absolute atomic E-state index is 12.6. The topological polar surface area (TPSA) is 81.5 Å². The molecule has 2 heterocycles. The van der Waals surface area contributed by atoms with Crippen molar-refractivity contribution >= 4 is 11.9 Å². The summed E-state index contributed by atoms with van der Waals surface area (Å²) in [5, 5.41) is 4.09. The summed E-state index contributed by atoms with van der Waals surface area (Å²) in [7, 11) is 0. The van der Waals surface area contributed by atoms with Gasteiger partial charge in [-0.1, -0.05) is 0 Å². The molecule has 1 amide bonds. The Morgan fingerprint density at radius 1 is 1.35 bits per heavy atom. The smallest absolute Gasteiger partial charge is 0.307 e. The van der Waals surface area contributed by atoms with Crippen LogP contribution in [0.15, 0.2) is 16.9 Å². The summed E-state index contributed by atoms with van der Waals surface area (Å²) in [5.41, 5.74) is 0.377. The lowest BCUT2D eigenvalue weighted by Gasteiger charge is -2.35. The molecule has 7 heteroatoms. The van der Waals surface area contributed by atoms with E-state index < -0.39 is 0 Å². The molecule has 1 aliphatic rings. The molecule has 1 fully saturated rings. The quantitative estimate of drug-likeness (QED) is 0.752. The van der Waals surface area contributed by atoms with Gasteiger partial charge in [-0.15, -0.1) is 0 Å². The highest BCUT2D eigenvalue weighted by Crippen LogP contribution is 2.20. The second kappa shape index (κ2) is 7.89. The van der Waals surface area contributed by atoms with Crippen molar-refractivity contribution in [1.29, 1.82) is 0 Å². The molecule has 0 radical (unpaired) electrons. The Balaban J connectivity index is 2.07. The van der Waals surface area contributed by atoms with Crippen molar-refractivity contribution in [1.82, 2.24) is 14.7 Å². The van der Waals surface area contributed by atoms with Gasteiger partial charge in [-0.3, -0.25) is 14.4 Å². The van der Waals surface area contributed by atoms with Gasteiger partial charge < -0.3 is 9.64 Å². The third-order valence-corrected chi connectivity index (χ3v) is 3.94. The van der Waals surface area contributed by atoms with E-state index in [0.29, 0.717) is 18.8 Å². The van der Waals surface area contributed by atoms with Gasteiger partial charge in [0.05, 0.1) is 18.7 Å². The van der Waals surface area contributed by atoms with Gasteiger partial charge in [-0.2, -0.15) is 5.10 Å². The summed E-state index contributed by atoms with van der Waals surface area (Å²) in [6.07, 6.45) is 2.87. The van der Waals surface area contributed by atoms with E-state index >= 15 is 0 Å². The van der Waals surface area contributed by atoms with Gasteiger partial charge in [0.2, 0.25) is 5.91 Å². The SMILES string of the molecule is CCOC(=O)C[C@@H]1CCCCN1C(=O)Cn1nc(C)ccc1=O. The predicted octanol–water partition coefficient (Wildman–Crippen LogP) is 0.886. The number of carbonyl (C=O) groups is 2. The fraction of sp³-hybridized carbons (Fsp3) is 0.625. The molecule has 0 saturated carbocycles. The van der Waals surface area contributed by atoms with Crippen LogP contribution in [0.2, 0.25) is 0 Å². The van der Waals surface area contributed by atoms with E-state index in [9.17, 15) is 14.4 Å². The van der Waals surface area contributed by atoms with E-state index in [-0.39, 0.29) is 36.4 Å². The van der Waals surface area contributed by atoms with Crippen molar-refractivity contribution in [3.05, 3.63) is 28.2 Å². The zero-order valence-electron chi connectivity index (χ0n) is 13.7. The molecule has 23 heavy (non-hydrogen) atoms. The zero-order valence-corrected chi connectivity index (χ0v) is 13.7. The van der Waals surface area contributed by atoms with Crippen LogP contribution in [0.3, 0.4) is 0 Å². The molecule has 1 saturated heterocycles. The number of amides is 1. The first kappa shape index (κ1) is 17.2. The highest BCUT2D eigenvalue weighted by molar-refractivity contribution is 5.78. The Kier molecular flexibility index (Phi) is 5.90. The first-order chi connectivity index (χ1) is 11.0. The van der Waals surface area contributed by atoms with Crippen LogP contribution in [0.25, 0.3) is 0 Å². The number of likely N-dealkylation sites (tertiary alicyclic amines) is 1. The average molecular weight is 321 g/mol. The minimum atomic E-state index is -0.303. The Morgan fingerprint density at radius 2 is 2.13 bits per heavy atom. The number of piperidine rings is 1. The molecule has 0 aromatic carbocycles. The number of hydrogen-bond acceptors (Lipinski definition) is 5. The lowest BCUT2D eigenvalue weighted by molar-refractivity contribution is -0.146. The fourth-order valence-electron chi connectivity index (χ4n) is 2.84. The second-order valence-corrected chi connectivity index (χ2v) is 5.72. The van der Waals surface area contributed by atoms with Crippen LogP contribution in [-0.4, -0.2) is 45.8 Å². The molecule has 0 unspecified atom stereocenters. The third kappa shape index (κ3) is 4.64. The molecule has 1 aromatic heterocycles. The van der Waals surface area contributed by atoms with Crippen molar-refractivity contribution in [2.75, 3.05) is 13.2 Å². The first-order valence-electron chi connectivity index (χ1n) is 8.01. The van der Waals surface area contributed by atoms with Crippen LogP contribution in [-0.2, 0) is 20.9 Å². The van der Waals surface area contributed by atoms with Crippen molar-refractivity contribution in [3.63, 3.8) is 0 Å². The summed E-state index contributed by atoms with van der Waals surface area (Å²) >= 11 is 0. The van der Waals surface area contributed by atoms with Crippen LogP contribution in [0, 0.1) is 6.92 Å². The number of carbonyl (C=O) groups excluding carboxylic acids is 2. The molecule has 1 aromatic rings. The van der Waals surface area contributed by atoms with Crippen LogP contribution < -0.4 is 5.56 Å². The molecule has 1 aliphatic heterocycles. The number of rotatable bonds is 5. The Hall–Kier alpha value is -2.18. The molecule has 0 bridgehead atoms. The van der Waals surface area contributed by atoms with E-state index in [1.807, 2.05) is 0 Å². The van der Waals surface area contributed by atoms with E-state index in [2.05, 4.69) is 5.10 Å². The molecule has 1 atom stereocenters. The number of hydrogen-bond donors (Lipinski definition) is 0. The normalized spacial score (nSPS) is 17.8. The Bertz CT molecular complexity index is 626. The largest absolute Gasteiger partial charge is 0.466 e. The second-order valence-electron chi connectivity index (χ2n) is 5.72. The van der Waals surface area contributed by atoms with Crippen LogP contribution in [0.1, 0.15) is 38.3 Å². The van der Waals surface area contributed by atoms with Crippen molar-refractivity contribution in [3.8, 4) is 0 Å². The molecule has 0 aliphatic carbocycles. The lowest BCUT2D eigenvalue weighted by atomic mass is 9.99. The highest BCUT2D eigenvalue weighted by atomic mass is 16.5. The van der Waals surface area contributed by atoms with Crippen LogP contribution in [0.5, 0.6) is 0 Å². The minimum absolute atomic E-state index is 0.0974. The van der Waals surface area contributed by atoms with E-state index in [1.54, 1.807) is 24.8 Å². The molecule has 0 spiro atoms. The van der Waals surface area contributed by atoms with E-state index in [0.717, 1.165) is 19.3 Å². The third-order valence-electron chi connectivity index (χ3n) is 3.94. The number of nitrogens with zero attached hydrogens (tertiary/aromatic N) is 3. The fourth-order valence-corrected chi connectivity index (χ4v) is 2.84. The summed E-state index contributed by atoms with van der Waals surface area (Å²) in [5.74, 6) is -0.470. The van der Waals surface area contributed by atoms with Crippen molar-refractivity contribution in [2.45, 2.75) is 52.1 Å². The first-order valence-corrected chi connectivity index (χ1v) is 8.01. The monoisotopic (exact) mass is 321 g/mol. The molecular formula is C16H23N3O4. The summed E-state index contributed by atoms with van der Waals surface area (Å²) in [6, 6.07) is 2.87. The zero-order chi connectivity index (χ0) is 16.8. The molecule has 126 valence electrons. The number of esters is 1. The Morgan fingerprint density at radius 3 is 2.87 bits per heavy atom. The van der Waals surface area contributed by atoms with Crippen molar-refractivity contribution in [2.24, 2.45) is 0 Å². The number of aromatic nitrogens is 2. The van der Waals surface area contributed by atoms with E-state index in [4.69, 9.17) is 4.74 Å². The Labute approximate surface area is 135 Å². The maximum atomic E-state index is 12.6. The predicted molar refractivity (Wildman–Crippen MR) is 83.8 cm³/mol. The van der Waals surface area contributed by atoms with Crippen molar-refractivity contribution < 1.29 is 14.3 Å². The van der Waals surface area contributed by atoms with Gasteiger partial charge in [-0.05, 0) is 39.2 Å². The summed E-state index contributed by atoms with van der Waals surface area (Å²) in [4.78, 5) is 37.7. The van der Waals surface area contributed by atoms with Gasteiger partial charge in [-0.25, -0.2) is 4.68 Å². The van der Waals surface area contributed by atoms with Gasteiger partial charge >= 0.3 is 5.97 Å².